The van der Waals surface area contributed by atoms with Crippen molar-refractivity contribution in [2.24, 2.45) is 0 Å². The van der Waals surface area contributed by atoms with Crippen LogP contribution in [0.4, 0.5) is 0 Å². The molecular weight excluding hydrogens is 492 g/mol. The maximum absolute atomic E-state index is 10.8. The molecule has 0 aromatic heterocycles. The summed E-state index contributed by atoms with van der Waals surface area (Å²) in [5, 5.41) is 42.9. The van der Waals surface area contributed by atoms with E-state index >= 15 is 0 Å². The fourth-order valence-electron chi connectivity index (χ4n) is 3.41. The lowest BCUT2D eigenvalue weighted by Gasteiger charge is -2.34. The van der Waals surface area contributed by atoms with Crippen molar-refractivity contribution in [1.29, 1.82) is 0 Å². The Bertz CT molecular complexity index is 561. The molecular formula is C22H48N2O9Si2. The first kappa shape index (κ1) is 34.1. The van der Waals surface area contributed by atoms with Crippen molar-refractivity contribution in [1.82, 2.24) is 10.6 Å². The largest absolute Gasteiger partial charge is 0.480 e. The van der Waals surface area contributed by atoms with Crippen LogP contribution in [0.5, 0.6) is 0 Å². The van der Waals surface area contributed by atoms with Crippen LogP contribution in [-0.2, 0) is 23.2 Å². The molecule has 0 aliphatic heterocycles. The first-order valence-corrected chi connectivity index (χ1v) is 18.5. The van der Waals surface area contributed by atoms with Gasteiger partial charge in [0, 0.05) is 26.3 Å². The first-order valence-electron chi connectivity index (χ1n) is 12.3. The zero-order valence-corrected chi connectivity index (χ0v) is 24.2. The predicted octanol–water partition coefficient (Wildman–Crippen LogP) is 1.07. The predicted molar refractivity (Wildman–Crippen MR) is 139 cm³/mol. The summed E-state index contributed by atoms with van der Waals surface area (Å²) in [5.74, 6) is -1.92. The topological polar surface area (TPSA) is 167 Å². The number of carbonyl (C=O) groups is 2. The summed E-state index contributed by atoms with van der Waals surface area (Å²) in [5.41, 5.74) is 0. The van der Waals surface area contributed by atoms with E-state index in [2.05, 4.69) is 36.8 Å². The van der Waals surface area contributed by atoms with E-state index in [1.165, 1.54) is 13.8 Å². The maximum Gasteiger partial charge on any atom is 0.320 e. The van der Waals surface area contributed by atoms with Crippen molar-refractivity contribution in [3.8, 4) is 0 Å². The molecule has 0 fully saturated rings. The molecule has 0 aliphatic rings. The standard InChI is InChI=1S/C22H48N2O9Si2/c1-17(21(27)28)23-13-19(25)15-31-9-7-11-34(3,4)33-35(5,6)12-8-10-32-16-20(26)14-24-18(2)22(29)30/h17-20,23-26H,7-16H2,1-6H3,(H,27,28)(H,29,30)/t17-,18-,19?,20?/m0/s1. The molecule has 0 aliphatic carbocycles. The van der Waals surface area contributed by atoms with Gasteiger partial charge in [-0.1, -0.05) is 0 Å². The molecule has 35 heavy (non-hydrogen) atoms. The second-order valence-corrected chi connectivity index (χ2v) is 19.1. The Morgan fingerprint density at radius 2 is 1.09 bits per heavy atom. The molecule has 0 amide bonds. The van der Waals surface area contributed by atoms with Crippen LogP contribution in [-0.4, -0.2) is 113 Å². The van der Waals surface area contributed by atoms with Gasteiger partial charge >= 0.3 is 11.9 Å². The highest BCUT2D eigenvalue weighted by Gasteiger charge is 2.32. The molecule has 208 valence electrons. The van der Waals surface area contributed by atoms with Crippen LogP contribution in [0.15, 0.2) is 0 Å². The summed E-state index contributed by atoms with van der Waals surface area (Å²) in [6.45, 7) is 13.5. The van der Waals surface area contributed by atoms with Crippen LogP contribution < -0.4 is 10.6 Å². The van der Waals surface area contributed by atoms with Crippen molar-refractivity contribution in [2.75, 3.05) is 39.5 Å². The molecule has 6 N–H and O–H groups in total. The van der Waals surface area contributed by atoms with E-state index in [0.29, 0.717) is 13.2 Å². The molecule has 0 aromatic rings. The minimum Gasteiger partial charge on any atom is -0.480 e. The third-order valence-corrected chi connectivity index (χ3v) is 12.9. The molecule has 0 radical (unpaired) electrons. The van der Waals surface area contributed by atoms with E-state index in [1.807, 2.05) is 0 Å². The van der Waals surface area contributed by atoms with Gasteiger partial charge in [-0.15, -0.1) is 0 Å². The Hall–Kier alpha value is -0.906. The summed E-state index contributed by atoms with van der Waals surface area (Å²) < 4.78 is 17.7. The Labute approximate surface area is 211 Å². The van der Waals surface area contributed by atoms with Gasteiger partial charge in [0.2, 0.25) is 0 Å². The lowest BCUT2D eigenvalue weighted by molar-refractivity contribution is -0.140. The van der Waals surface area contributed by atoms with E-state index in [1.54, 1.807) is 0 Å². The van der Waals surface area contributed by atoms with E-state index in [-0.39, 0.29) is 26.3 Å². The molecule has 2 unspecified atom stereocenters. The highest BCUT2D eigenvalue weighted by molar-refractivity contribution is 6.84. The normalized spacial score (nSPS) is 16.0. The molecule has 0 rings (SSSR count). The number of nitrogens with one attached hydrogen (secondary N) is 2. The average molecular weight is 541 g/mol. The number of rotatable bonds is 22. The van der Waals surface area contributed by atoms with E-state index in [0.717, 1.165) is 24.9 Å². The Balaban J connectivity index is 3.99. The fraction of sp³-hybridized carbons (Fsp3) is 0.909. The number of aliphatic hydroxyl groups excluding tert-OH is 2. The Morgan fingerprint density at radius 1 is 0.743 bits per heavy atom. The van der Waals surface area contributed by atoms with Crippen LogP contribution >= 0.6 is 0 Å². The number of hydrogen-bond donors (Lipinski definition) is 6. The molecule has 0 bridgehead atoms. The zero-order valence-electron chi connectivity index (χ0n) is 22.2. The van der Waals surface area contributed by atoms with E-state index in [9.17, 15) is 19.8 Å². The molecule has 11 nitrogen and oxygen atoms in total. The van der Waals surface area contributed by atoms with Gasteiger partial charge in [0.15, 0.2) is 16.6 Å². The number of aliphatic hydroxyl groups is 2. The highest BCUT2D eigenvalue weighted by atomic mass is 28.4. The number of carboxylic acids is 2. The number of ether oxygens (including phenoxy) is 2. The number of aliphatic carboxylic acids is 2. The van der Waals surface area contributed by atoms with Crippen molar-refractivity contribution < 1.29 is 43.6 Å². The maximum atomic E-state index is 10.8. The van der Waals surface area contributed by atoms with Crippen LogP contribution in [0, 0.1) is 0 Å². The minimum absolute atomic E-state index is 0.158. The second kappa shape index (κ2) is 17.5. The van der Waals surface area contributed by atoms with Gasteiger partial charge in [-0.25, -0.2) is 0 Å². The van der Waals surface area contributed by atoms with Crippen molar-refractivity contribution >= 4 is 28.6 Å². The summed E-state index contributed by atoms with van der Waals surface area (Å²) in [6, 6.07) is 0.461. The second-order valence-electron chi connectivity index (χ2n) is 10.2. The van der Waals surface area contributed by atoms with Crippen LogP contribution in [0.25, 0.3) is 0 Å². The fourth-order valence-corrected chi connectivity index (χ4v) is 12.2. The summed E-state index contributed by atoms with van der Waals surface area (Å²) in [7, 11) is -3.74. The molecule has 0 heterocycles. The first-order chi connectivity index (χ1) is 16.1. The highest BCUT2D eigenvalue weighted by Crippen LogP contribution is 2.23. The molecule has 0 spiro atoms. The minimum atomic E-state index is -1.87. The van der Waals surface area contributed by atoms with Gasteiger partial charge < -0.3 is 44.6 Å². The van der Waals surface area contributed by atoms with E-state index in [4.69, 9.17) is 23.8 Å². The quantitative estimate of drug-likeness (QED) is 0.0858. The van der Waals surface area contributed by atoms with Crippen molar-refractivity contribution in [3.63, 3.8) is 0 Å². The third-order valence-electron chi connectivity index (χ3n) is 5.37. The van der Waals surface area contributed by atoms with Gasteiger partial charge in [0.1, 0.15) is 12.1 Å². The average Bonchev–Trinajstić information content (AvgIpc) is 2.73. The van der Waals surface area contributed by atoms with E-state index < -0.39 is 52.9 Å². The third kappa shape index (κ3) is 18.9. The molecule has 4 atom stereocenters. The van der Waals surface area contributed by atoms with Crippen molar-refractivity contribution in [3.05, 3.63) is 0 Å². The molecule has 0 saturated carbocycles. The van der Waals surface area contributed by atoms with Gasteiger partial charge in [-0.2, -0.15) is 0 Å². The SMILES string of the molecule is C[C@H](NCC(O)COCCC[Si](C)(C)O[Si](C)(C)CCCOCC(O)CN[C@@H](C)C(=O)O)C(=O)O. The Kier molecular flexibility index (Phi) is 17.1. The van der Waals surface area contributed by atoms with Crippen LogP contribution in [0.3, 0.4) is 0 Å². The molecule has 0 aromatic carbocycles. The Morgan fingerprint density at radius 3 is 1.40 bits per heavy atom. The van der Waals surface area contributed by atoms with Gasteiger partial charge in [0.25, 0.3) is 0 Å². The smallest absolute Gasteiger partial charge is 0.320 e. The van der Waals surface area contributed by atoms with Gasteiger partial charge in [0.05, 0.1) is 25.4 Å². The lowest BCUT2D eigenvalue weighted by Crippen LogP contribution is -2.44. The van der Waals surface area contributed by atoms with Gasteiger partial charge in [-0.05, 0) is 65.0 Å². The van der Waals surface area contributed by atoms with Crippen LogP contribution in [0.1, 0.15) is 26.7 Å². The summed E-state index contributed by atoms with van der Waals surface area (Å²) in [6.07, 6.45) is 0.172. The monoisotopic (exact) mass is 540 g/mol. The summed E-state index contributed by atoms with van der Waals surface area (Å²) >= 11 is 0. The number of carboxylic acid groups (broad SMARTS) is 2. The molecule has 0 saturated heterocycles. The lowest BCUT2D eigenvalue weighted by atomic mass is 10.3. The van der Waals surface area contributed by atoms with Crippen molar-refractivity contribution in [2.45, 2.75) is 89.3 Å². The van der Waals surface area contributed by atoms with Crippen LogP contribution in [0.2, 0.25) is 38.3 Å². The number of hydrogen-bond acceptors (Lipinski definition) is 9. The molecule has 13 heteroatoms. The zero-order chi connectivity index (χ0) is 27.1. The van der Waals surface area contributed by atoms with Gasteiger partial charge in [-0.3, -0.25) is 9.59 Å². The summed E-state index contributed by atoms with van der Waals surface area (Å²) in [4.78, 5) is 21.5.